The summed E-state index contributed by atoms with van der Waals surface area (Å²) in [5, 5.41) is 3.19. The van der Waals surface area contributed by atoms with E-state index in [9.17, 15) is 0 Å². The number of nitrogens with zero attached hydrogens (tertiary/aromatic N) is 1. The van der Waals surface area contributed by atoms with Gasteiger partial charge in [0, 0.05) is 25.0 Å². The summed E-state index contributed by atoms with van der Waals surface area (Å²) in [6.45, 7) is 3.05. The van der Waals surface area contributed by atoms with Gasteiger partial charge in [0.1, 0.15) is 5.75 Å². The second-order valence-corrected chi connectivity index (χ2v) is 4.90. The van der Waals surface area contributed by atoms with E-state index in [-0.39, 0.29) is 0 Å². The molecule has 0 aliphatic carbocycles. The first-order valence-electron chi connectivity index (χ1n) is 6.77. The Bertz CT molecular complexity index is 564. The van der Waals surface area contributed by atoms with Gasteiger partial charge >= 0.3 is 0 Å². The molecule has 2 rings (SSSR count). The lowest BCUT2D eigenvalue weighted by atomic mass is 10.1. The van der Waals surface area contributed by atoms with Crippen molar-refractivity contribution >= 4 is 11.4 Å². The summed E-state index contributed by atoms with van der Waals surface area (Å²) in [7, 11) is 5.73. The van der Waals surface area contributed by atoms with Crippen molar-refractivity contribution in [3.63, 3.8) is 0 Å². The molecule has 0 bridgehead atoms. The lowest BCUT2D eigenvalue weighted by Gasteiger charge is -2.21. The van der Waals surface area contributed by atoms with E-state index in [0.29, 0.717) is 0 Å². The summed E-state index contributed by atoms with van der Waals surface area (Å²) in [5.74, 6) is 0.877. The highest BCUT2D eigenvalue weighted by atomic mass is 16.5. The summed E-state index contributed by atoms with van der Waals surface area (Å²) in [6.07, 6.45) is 0. The van der Waals surface area contributed by atoms with Crippen LogP contribution in [0.3, 0.4) is 0 Å². The number of methoxy groups -OCH3 is 1. The van der Waals surface area contributed by atoms with Crippen LogP contribution in [0, 0.1) is 6.92 Å². The molecule has 0 aliphatic rings. The Labute approximate surface area is 121 Å². The van der Waals surface area contributed by atoms with Crippen LogP contribution in [-0.4, -0.2) is 21.2 Å². The number of rotatable bonds is 5. The molecule has 3 nitrogen and oxygen atoms in total. The highest BCUT2D eigenvalue weighted by Crippen LogP contribution is 2.27. The Hall–Kier alpha value is -2.00. The van der Waals surface area contributed by atoms with Crippen LogP contribution in [0.1, 0.15) is 11.1 Å². The highest BCUT2D eigenvalue weighted by molar-refractivity contribution is 5.64. The maximum atomic E-state index is 5.19. The number of benzene rings is 2. The zero-order valence-electron chi connectivity index (χ0n) is 12.6. The predicted molar refractivity (Wildman–Crippen MR) is 85.0 cm³/mol. The lowest BCUT2D eigenvalue weighted by Crippen LogP contribution is -2.11. The molecule has 0 radical (unpaired) electrons. The van der Waals surface area contributed by atoms with Crippen LogP contribution in [-0.2, 0) is 6.54 Å². The van der Waals surface area contributed by atoms with Gasteiger partial charge in [-0.2, -0.15) is 0 Å². The molecule has 0 aromatic heterocycles. The van der Waals surface area contributed by atoms with Crippen molar-refractivity contribution in [2.45, 2.75) is 13.5 Å². The quantitative estimate of drug-likeness (QED) is 0.900. The van der Waals surface area contributed by atoms with E-state index in [1.165, 1.54) is 16.8 Å². The number of anilines is 2. The Morgan fingerprint density at radius 1 is 1.05 bits per heavy atom. The average Bonchev–Trinajstić information content (AvgIpc) is 2.49. The minimum atomic E-state index is 0.877. The molecular weight excluding hydrogens is 248 g/mol. The molecule has 2 aromatic rings. The predicted octanol–water partition coefficient (Wildman–Crippen LogP) is 3.49. The lowest BCUT2D eigenvalue weighted by molar-refractivity contribution is 0.415. The normalized spacial score (nSPS) is 10.4. The third-order valence-corrected chi connectivity index (χ3v) is 3.54. The highest BCUT2D eigenvalue weighted by Gasteiger charge is 2.06. The fraction of sp³-hybridized carbons (Fsp3) is 0.294. The van der Waals surface area contributed by atoms with Gasteiger partial charge in [0.2, 0.25) is 0 Å². The summed E-state index contributed by atoms with van der Waals surface area (Å²) >= 11 is 0. The molecule has 0 aliphatic heterocycles. The molecule has 0 heterocycles. The molecule has 0 spiro atoms. The van der Waals surface area contributed by atoms with Crippen molar-refractivity contribution in [1.82, 2.24) is 5.32 Å². The third-order valence-electron chi connectivity index (χ3n) is 3.54. The molecule has 0 fully saturated rings. The van der Waals surface area contributed by atoms with Crippen molar-refractivity contribution in [2.24, 2.45) is 0 Å². The van der Waals surface area contributed by atoms with Gasteiger partial charge in [0.25, 0.3) is 0 Å². The number of hydrogen-bond donors (Lipinski definition) is 1. The first kappa shape index (κ1) is 14.4. The minimum absolute atomic E-state index is 0.877. The van der Waals surface area contributed by atoms with Gasteiger partial charge in [-0.05, 0) is 61.5 Å². The Morgan fingerprint density at radius 2 is 1.70 bits per heavy atom. The second-order valence-electron chi connectivity index (χ2n) is 4.90. The molecule has 0 atom stereocenters. The van der Waals surface area contributed by atoms with E-state index in [1.54, 1.807) is 7.11 Å². The van der Waals surface area contributed by atoms with E-state index in [2.05, 4.69) is 54.5 Å². The maximum absolute atomic E-state index is 5.19. The van der Waals surface area contributed by atoms with Crippen LogP contribution >= 0.6 is 0 Å². The molecule has 0 amide bonds. The zero-order chi connectivity index (χ0) is 14.5. The molecule has 20 heavy (non-hydrogen) atoms. The fourth-order valence-electron chi connectivity index (χ4n) is 2.23. The Kier molecular flexibility index (Phi) is 4.64. The zero-order valence-corrected chi connectivity index (χ0v) is 12.6. The van der Waals surface area contributed by atoms with Crippen LogP contribution in [0.2, 0.25) is 0 Å². The summed E-state index contributed by atoms with van der Waals surface area (Å²) in [5.41, 5.74) is 4.97. The van der Waals surface area contributed by atoms with E-state index in [0.717, 1.165) is 18.0 Å². The molecule has 106 valence electrons. The SMILES string of the molecule is CNCc1ccc(N(C)c2ccc(OC)cc2)cc1C. The van der Waals surface area contributed by atoms with Crippen LogP contribution in [0.4, 0.5) is 11.4 Å². The number of nitrogens with one attached hydrogen (secondary N) is 1. The summed E-state index contributed by atoms with van der Waals surface area (Å²) in [4.78, 5) is 2.18. The number of aryl methyl sites for hydroxylation is 1. The van der Waals surface area contributed by atoms with E-state index in [4.69, 9.17) is 4.74 Å². The van der Waals surface area contributed by atoms with Crippen molar-refractivity contribution in [1.29, 1.82) is 0 Å². The van der Waals surface area contributed by atoms with Gasteiger partial charge in [-0.25, -0.2) is 0 Å². The maximum Gasteiger partial charge on any atom is 0.119 e. The van der Waals surface area contributed by atoms with Gasteiger partial charge in [0.15, 0.2) is 0 Å². The molecule has 1 N–H and O–H groups in total. The van der Waals surface area contributed by atoms with Crippen LogP contribution in [0.25, 0.3) is 0 Å². The van der Waals surface area contributed by atoms with Gasteiger partial charge in [-0.15, -0.1) is 0 Å². The minimum Gasteiger partial charge on any atom is -0.497 e. The number of hydrogen-bond acceptors (Lipinski definition) is 3. The Morgan fingerprint density at radius 3 is 2.25 bits per heavy atom. The van der Waals surface area contributed by atoms with E-state index < -0.39 is 0 Å². The van der Waals surface area contributed by atoms with Gasteiger partial charge in [-0.3, -0.25) is 0 Å². The third kappa shape index (κ3) is 3.11. The smallest absolute Gasteiger partial charge is 0.119 e. The van der Waals surface area contributed by atoms with Gasteiger partial charge in [0.05, 0.1) is 7.11 Å². The first-order valence-corrected chi connectivity index (χ1v) is 6.77. The monoisotopic (exact) mass is 270 g/mol. The van der Waals surface area contributed by atoms with Gasteiger partial charge in [-0.1, -0.05) is 6.07 Å². The largest absolute Gasteiger partial charge is 0.497 e. The van der Waals surface area contributed by atoms with E-state index >= 15 is 0 Å². The topological polar surface area (TPSA) is 24.5 Å². The van der Waals surface area contributed by atoms with Crippen LogP contribution < -0.4 is 15.0 Å². The summed E-state index contributed by atoms with van der Waals surface area (Å²) < 4.78 is 5.19. The van der Waals surface area contributed by atoms with Crippen molar-refractivity contribution in [2.75, 3.05) is 26.1 Å². The second kappa shape index (κ2) is 6.44. The van der Waals surface area contributed by atoms with Crippen molar-refractivity contribution in [3.05, 3.63) is 53.6 Å². The van der Waals surface area contributed by atoms with Crippen LogP contribution in [0.5, 0.6) is 5.75 Å². The van der Waals surface area contributed by atoms with Gasteiger partial charge < -0.3 is 15.0 Å². The van der Waals surface area contributed by atoms with Crippen molar-refractivity contribution in [3.8, 4) is 5.75 Å². The molecular formula is C17H22N2O. The van der Waals surface area contributed by atoms with Crippen LogP contribution in [0.15, 0.2) is 42.5 Å². The molecule has 0 unspecified atom stereocenters. The number of ether oxygens (including phenoxy) is 1. The molecule has 2 aromatic carbocycles. The van der Waals surface area contributed by atoms with Crippen molar-refractivity contribution < 1.29 is 4.74 Å². The standard InChI is InChI=1S/C17H22N2O/c1-13-11-16(6-5-14(13)12-18-2)19(3)15-7-9-17(20-4)10-8-15/h5-11,18H,12H2,1-4H3. The van der Waals surface area contributed by atoms with E-state index in [1.807, 2.05) is 19.2 Å². The fourth-order valence-corrected chi connectivity index (χ4v) is 2.23. The Balaban J connectivity index is 2.23. The summed E-state index contributed by atoms with van der Waals surface area (Å²) in [6, 6.07) is 14.6. The molecule has 0 saturated heterocycles. The molecule has 0 saturated carbocycles. The molecule has 3 heteroatoms. The first-order chi connectivity index (χ1) is 9.65. The average molecular weight is 270 g/mol.